The average Bonchev–Trinajstić information content (AvgIpc) is 2.39. The Hall–Kier alpha value is -0.106. The summed E-state index contributed by atoms with van der Waals surface area (Å²) in [5.74, 6) is 0.0570. The monoisotopic (exact) mass is 366 g/mol. The molecule has 0 aliphatic rings. The van der Waals surface area contributed by atoms with Crippen molar-refractivity contribution in [3.8, 4) is 5.75 Å². The average molecular weight is 367 g/mol. The van der Waals surface area contributed by atoms with Crippen molar-refractivity contribution in [2.75, 3.05) is 0 Å². The summed E-state index contributed by atoms with van der Waals surface area (Å²) >= 11 is -0.556. The molecule has 0 bridgehead atoms. The second kappa shape index (κ2) is 9.02. The number of phenolic OH excluding ortho intramolecular Hbond substituents is 1. The molecule has 0 radical (unpaired) electrons. The number of hydrogen-bond donors (Lipinski definition) is 1. The van der Waals surface area contributed by atoms with Gasteiger partial charge >= 0.3 is 35.6 Å². The minimum atomic E-state index is -0.556. The fourth-order valence-electron chi connectivity index (χ4n) is 1.76. The molecular formula is C14H14Cl2FOPTi. The fraction of sp³-hybridized carbons (Fsp3) is 0.143. The summed E-state index contributed by atoms with van der Waals surface area (Å²) in [6, 6.07) is 10.5. The topological polar surface area (TPSA) is 20.2 Å². The van der Waals surface area contributed by atoms with Gasteiger partial charge in [-0.25, -0.2) is 4.39 Å². The number of hydrogen-bond acceptors (Lipinski definition) is 1. The van der Waals surface area contributed by atoms with Crippen molar-refractivity contribution in [3.05, 3.63) is 53.3 Å². The van der Waals surface area contributed by atoms with Crippen LogP contribution in [0.5, 0.6) is 5.75 Å². The molecule has 0 spiro atoms. The van der Waals surface area contributed by atoms with Gasteiger partial charge in [0.05, 0.1) is 0 Å². The van der Waals surface area contributed by atoms with Gasteiger partial charge in [-0.05, 0) is 37.1 Å². The summed E-state index contributed by atoms with van der Waals surface area (Å²) in [4.78, 5) is 0. The van der Waals surface area contributed by atoms with E-state index >= 15 is 0 Å². The molecule has 0 saturated carbocycles. The van der Waals surface area contributed by atoms with Crippen molar-refractivity contribution in [2.45, 2.75) is 13.8 Å². The summed E-state index contributed by atoms with van der Waals surface area (Å²) in [6.07, 6.45) is 0. The molecule has 0 aliphatic carbocycles. The van der Waals surface area contributed by atoms with Crippen LogP contribution in [0.25, 0.3) is 0 Å². The number of benzene rings is 2. The Morgan fingerprint density at radius 1 is 1.10 bits per heavy atom. The van der Waals surface area contributed by atoms with Crippen LogP contribution in [0.4, 0.5) is 4.39 Å². The van der Waals surface area contributed by atoms with Crippen molar-refractivity contribution in [2.24, 2.45) is 0 Å². The SMILES string of the molecule is Cc1cc(C)c(O)c(Pc2ccccc2F)c1.[Cl][Ti][Cl]. The molecule has 2 rings (SSSR count). The van der Waals surface area contributed by atoms with E-state index in [2.05, 4.69) is 0 Å². The quantitative estimate of drug-likeness (QED) is 0.625. The maximum absolute atomic E-state index is 13.5. The molecule has 1 nitrogen and oxygen atoms in total. The molecule has 2 aromatic carbocycles. The number of rotatable bonds is 2. The molecule has 0 aliphatic heterocycles. The second-order valence-electron chi connectivity index (χ2n) is 4.15. The summed E-state index contributed by atoms with van der Waals surface area (Å²) in [7, 11) is 9.92. The Balaban J connectivity index is 0.000000612. The minimum absolute atomic E-state index is 0.142. The van der Waals surface area contributed by atoms with E-state index in [1.165, 1.54) is 6.07 Å². The maximum atomic E-state index is 13.5. The first-order valence-electron chi connectivity index (χ1n) is 5.77. The molecular weight excluding hydrogens is 353 g/mol. The molecule has 1 unspecified atom stereocenters. The van der Waals surface area contributed by atoms with Crippen LogP contribution in [0.15, 0.2) is 36.4 Å². The summed E-state index contributed by atoms with van der Waals surface area (Å²) in [5, 5.41) is 11.4. The molecule has 2 aromatic rings. The van der Waals surface area contributed by atoms with Crippen molar-refractivity contribution < 1.29 is 26.5 Å². The zero-order valence-corrected chi connectivity index (χ0v) is 15.1. The summed E-state index contributed by atoms with van der Waals surface area (Å²) in [5.41, 5.74) is 1.92. The zero-order valence-electron chi connectivity index (χ0n) is 11.0. The van der Waals surface area contributed by atoms with Gasteiger partial charge < -0.3 is 5.11 Å². The van der Waals surface area contributed by atoms with E-state index < -0.39 is 17.0 Å². The van der Waals surface area contributed by atoms with Crippen LogP contribution in [-0.2, 0) is 17.0 Å². The van der Waals surface area contributed by atoms with E-state index in [4.69, 9.17) is 18.6 Å². The first-order chi connectivity index (χ1) is 9.49. The molecule has 0 aromatic heterocycles. The van der Waals surface area contributed by atoms with E-state index in [-0.39, 0.29) is 20.1 Å². The third-order valence-corrected chi connectivity index (χ3v) is 3.91. The normalized spacial score (nSPS) is 10.2. The van der Waals surface area contributed by atoms with Gasteiger partial charge in [-0.2, -0.15) is 0 Å². The van der Waals surface area contributed by atoms with Crippen LogP contribution in [0.1, 0.15) is 11.1 Å². The Kier molecular flexibility index (Phi) is 8.10. The summed E-state index contributed by atoms with van der Waals surface area (Å²) < 4.78 is 13.5. The number of halogens is 3. The van der Waals surface area contributed by atoms with E-state index in [1.54, 1.807) is 12.1 Å². The van der Waals surface area contributed by atoms with Gasteiger partial charge in [-0.15, -0.1) is 0 Å². The Bertz CT molecular complexity index is 581. The van der Waals surface area contributed by atoms with Gasteiger partial charge in [-0.3, -0.25) is 0 Å². The van der Waals surface area contributed by atoms with Crippen LogP contribution in [0, 0.1) is 19.7 Å². The molecule has 0 saturated heterocycles. The van der Waals surface area contributed by atoms with Gasteiger partial charge in [0.25, 0.3) is 0 Å². The van der Waals surface area contributed by atoms with Crippen molar-refractivity contribution >= 4 is 37.8 Å². The Labute approximate surface area is 137 Å². The first kappa shape index (κ1) is 17.9. The van der Waals surface area contributed by atoms with E-state index in [0.29, 0.717) is 5.30 Å². The van der Waals surface area contributed by atoms with Gasteiger partial charge in [0.15, 0.2) is 0 Å². The van der Waals surface area contributed by atoms with Gasteiger partial charge in [-0.1, -0.05) is 32.8 Å². The van der Waals surface area contributed by atoms with Crippen LogP contribution in [0.3, 0.4) is 0 Å². The number of phenols is 1. The van der Waals surface area contributed by atoms with Gasteiger partial charge in [0.1, 0.15) is 11.6 Å². The van der Waals surface area contributed by atoms with Gasteiger partial charge in [0.2, 0.25) is 0 Å². The number of aryl methyl sites for hydroxylation is 2. The molecule has 0 fully saturated rings. The molecule has 106 valence electrons. The second-order valence-corrected chi connectivity index (χ2v) is 8.06. The van der Waals surface area contributed by atoms with E-state index in [1.807, 2.05) is 32.0 Å². The van der Waals surface area contributed by atoms with Crippen molar-refractivity contribution in [3.63, 3.8) is 0 Å². The van der Waals surface area contributed by atoms with Crippen LogP contribution < -0.4 is 10.6 Å². The van der Waals surface area contributed by atoms with Crippen LogP contribution in [0.2, 0.25) is 0 Å². The van der Waals surface area contributed by atoms with Crippen molar-refractivity contribution in [1.29, 1.82) is 0 Å². The van der Waals surface area contributed by atoms with E-state index in [0.717, 1.165) is 16.4 Å². The molecule has 1 N–H and O–H groups in total. The first-order valence-corrected chi connectivity index (χ1v) is 11.1. The fourth-order valence-corrected chi connectivity index (χ4v) is 3.05. The van der Waals surface area contributed by atoms with Crippen molar-refractivity contribution in [1.82, 2.24) is 0 Å². The molecule has 20 heavy (non-hydrogen) atoms. The third-order valence-electron chi connectivity index (χ3n) is 2.59. The Morgan fingerprint density at radius 3 is 2.30 bits per heavy atom. The number of aromatic hydroxyl groups is 1. The van der Waals surface area contributed by atoms with E-state index in [9.17, 15) is 9.50 Å². The summed E-state index contributed by atoms with van der Waals surface area (Å²) in [6.45, 7) is 3.83. The zero-order chi connectivity index (χ0) is 15.1. The molecule has 6 heteroatoms. The predicted octanol–water partition coefficient (Wildman–Crippen LogP) is 4.15. The van der Waals surface area contributed by atoms with Crippen LogP contribution >= 0.6 is 27.2 Å². The molecule has 0 heterocycles. The van der Waals surface area contributed by atoms with Crippen LogP contribution in [-0.4, -0.2) is 5.11 Å². The Morgan fingerprint density at radius 2 is 1.70 bits per heavy atom. The predicted molar refractivity (Wildman–Crippen MR) is 83.3 cm³/mol. The third kappa shape index (κ3) is 5.35. The van der Waals surface area contributed by atoms with Gasteiger partial charge in [0, 0.05) is 10.6 Å². The standard InChI is InChI=1S/C14H14FOP.2ClH.Ti/c1-9-7-10(2)14(16)13(8-9)17-12-6-4-3-5-11(12)15;;;/h3-8,16-17H,1-2H3;2*1H;/q;;;+2/p-2. The molecule has 0 amide bonds. The molecule has 1 atom stereocenters.